The Kier molecular flexibility index (Phi) is 14.3. The van der Waals surface area contributed by atoms with Gasteiger partial charge in [-0.1, -0.05) is 84.0 Å². The third kappa shape index (κ3) is 12.8. The standard InChI is InChI=1S/C21H40NO2/c1-2-3-4-5-6-7-8-9-10-11-12-13-14-18-21(23)24-20-17-15-16-19-22-20/h20H,2-19H2,1H3. The molecule has 1 heterocycles. The van der Waals surface area contributed by atoms with Crippen LogP contribution < -0.4 is 5.32 Å². The van der Waals surface area contributed by atoms with Crippen LogP contribution in [0.4, 0.5) is 0 Å². The Morgan fingerprint density at radius 3 is 1.88 bits per heavy atom. The summed E-state index contributed by atoms with van der Waals surface area (Å²) in [5.41, 5.74) is 0. The quantitative estimate of drug-likeness (QED) is 0.266. The molecule has 0 saturated carbocycles. The summed E-state index contributed by atoms with van der Waals surface area (Å²) >= 11 is 0. The molecular weight excluding hydrogens is 298 g/mol. The lowest BCUT2D eigenvalue weighted by molar-refractivity contribution is -0.152. The third-order valence-corrected chi connectivity index (χ3v) is 4.94. The van der Waals surface area contributed by atoms with E-state index in [9.17, 15) is 4.79 Å². The van der Waals surface area contributed by atoms with Crippen LogP contribution in [0.3, 0.4) is 0 Å². The van der Waals surface area contributed by atoms with Crippen molar-refractivity contribution >= 4 is 5.97 Å². The normalized spacial score (nSPS) is 17.8. The average molecular weight is 339 g/mol. The van der Waals surface area contributed by atoms with Crippen molar-refractivity contribution in [3.8, 4) is 0 Å². The monoisotopic (exact) mass is 338 g/mol. The zero-order valence-electron chi connectivity index (χ0n) is 16.1. The summed E-state index contributed by atoms with van der Waals surface area (Å²) in [6.45, 7) is 3.13. The van der Waals surface area contributed by atoms with Gasteiger partial charge in [0.1, 0.15) is 0 Å². The van der Waals surface area contributed by atoms with Gasteiger partial charge in [-0.3, -0.25) is 4.79 Å². The van der Waals surface area contributed by atoms with Crippen LogP contribution in [-0.2, 0) is 9.53 Å². The van der Waals surface area contributed by atoms with E-state index in [0.29, 0.717) is 6.42 Å². The lowest BCUT2D eigenvalue weighted by atomic mass is 10.0. The van der Waals surface area contributed by atoms with Crippen molar-refractivity contribution in [2.75, 3.05) is 6.54 Å². The molecule has 24 heavy (non-hydrogen) atoms. The van der Waals surface area contributed by atoms with E-state index in [0.717, 1.165) is 38.6 Å². The molecule has 3 heteroatoms. The zero-order chi connectivity index (χ0) is 17.3. The van der Waals surface area contributed by atoms with Gasteiger partial charge in [-0.25, -0.2) is 5.32 Å². The molecule has 1 saturated heterocycles. The molecule has 0 N–H and O–H groups in total. The van der Waals surface area contributed by atoms with Crippen LogP contribution in [0.5, 0.6) is 0 Å². The SMILES string of the molecule is CCCCCCCCCCCCCCCC(=O)OC1CCCC[N]1. The van der Waals surface area contributed by atoms with Gasteiger partial charge in [0.25, 0.3) is 0 Å². The van der Waals surface area contributed by atoms with E-state index < -0.39 is 0 Å². The van der Waals surface area contributed by atoms with Crippen molar-refractivity contribution in [1.82, 2.24) is 5.32 Å². The maximum absolute atomic E-state index is 11.7. The lowest BCUT2D eigenvalue weighted by Crippen LogP contribution is -2.32. The largest absolute Gasteiger partial charge is 0.445 e. The first kappa shape index (κ1) is 21.5. The summed E-state index contributed by atoms with van der Waals surface area (Å²) in [5, 5.41) is 4.34. The first-order valence-electron chi connectivity index (χ1n) is 10.7. The fraction of sp³-hybridized carbons (Fsp3) is 0.952. The topological polar surface area (TPSA) is 40.4 Å². The van der Waals surface area contributed by atoms with Gasteiger partial charge in [0.05, 0.1) is 0 Å². The molecule has 1 fully saturated rings. The van der Waals surface area contributed by atoms with Gasteiger partial charge in [-0.15, -0.1) is 0 Å². The average Bonchev–Trinajstić information content (AvgIpc) is 2.60. The molecule has 1 aliphatic heterocycles. The number of esters is 1. The highest BCUT2D eigenvalue weighted by atomic mass is 16.6. The van der Waals surface area contributed by atoms with E-state index in [1.54, 1.807) is 0 Å². The van der Waals surface area contributed by atoms with E-state index in [1.807, 2.05) is 0 Å². The minimum Gasteiger partial charge on any atom is -0.445 e. The Morgan fingerprint density at radius 1 is 0.833 bits per heavy atom. The molecule has 0 aliphatic carbocycles. The second-order valence-electron chi connectivity index (χ2n) is 7.34. The summed E-state index contributed by atoms with van der Waals surface area (Å²) in [5.74, 6) is -0.0475. The fourth-order valence-corrected chi connectivity index (χ4v) is 3.35. The van der Waals surface area contributed by atoms with Gasteiger partial charge in [-0.2, -0.15) is 0 Å². The highest BCUT2D eigenvalue weighted by molar-refractivity contribution is 5.69. The number of carbonyl (C=O) groups is 1. The second kappa shape index (κ2) is 15.9. The fourth-order valence-electron chi connectivity index (χ4n) is 3.35. The van der Waals surface area contributed by atoms with Crippen molar-refractivity contribution in [2.45, 2.75) is 122 Å². The maximum atomic E-state index is 11.7. The zero-order valence-corrected chi connectivity index (χ0v) is 16.1. The molecule has 0 aromatic rings. The number of hydrogen-bond acceptors (Lipinski definition) is 2. The molecule has 3 nitrogen and oxygen atoms in total. The number of ether oxygens (including phenoxy) is 1. The van der Waals surface area contributed by atoms with Crippen molar-refractivity contribution in [1.29, 1.82) is 0 Å². The summed E-state index contributed by atoms with van der Waals surface area (Å²) in [6, 6.07) is 0. The minimum absolute atomic E-state index is 0.0475. The molecule has 0 spiro atoms. The Morgan fingerprint density at radius 2 is 1.38 bits per heavy atom. The van der Waals surface area contributed by atoms with Crippen LogP contribution >= 0.6 is 0 Å². The van der Waals surface area contributed by atoms with Gasteiger partial charge >= 0.3 is 5.97 Å². The molecule has 1 radical (unpaired) electrons. The minimum atomic E-state index is -0.145. The van der Waals surface area contributed by atoms with Crippen LogP contribution in [0.1, 0.15) is 116 Å². The molecule has 0 aromatic heterocycles. The maximum Gasteiger partial charge on any atom is 0.307 e. The van der Waals surface area contributed by atoms with Crippen molar-refractivity contribution < 1.29 is 9.53 Å². The number of piperidine rings is 1. The molecule has 0 amide bonds. The lowest BCUT2D eigenvalue weighted by Gasteiger charge is -2.21. The van der Waals surface area contributed by atoms with Gasteiger partial charge in [0.2, 0.25) is 0 Å². The van der Waals surface area contributed by atoms with Crippen LogP contribution in [0.15, 0.2) is 0 Å². The smallest absolute Gasteiger partial charge is 0.307 e. The Hall–Kier alpha value is -0.570. The predicted octanol–water partition coefficient (Wildman–Crippen LogP) is 6.13. The van der Waals surface area contributed by atoms with Crippen LogP contribution in [0.25, 0.3) is 0 Å². The molecule has 0 bridgehead atoms. The first-order valence-corrected chi connectivity index (χ1v) is 10.7. The summed E-state index contributed by atoms with van der Waals surface area (Å²) in [6.07, 6.45) is 21.0. The summed E-state index contributed by atoms with van der Waals surface area (Å²) in [4.78, 5) is 11.7. The highest BCUT2D eigenvalue weighted by Crippen LogP contribution is 2.14. The Balaban J connectivity index is 1.76. The number of carbonyl (C=O) groups excluding carboxylic acids is 1. The molecule has 1 unspecified atom stereocenters. The van der Waals surface area contributed by atoms with E-state index in [-0.39, 0.29) is 12.2 Å². The Labute approximate surface area is 150 Å². The van der Waals surface area contributed by atoms with Crippen molar-refractivity contribution in [2.24, 2.45) is 0 Å². The Bertz CT molecular complexity index is 288. The van der Waals surface area contributed by atoms with Crippen molar-refractivity contribution in [3.05, 3.63) is 0 Å². The van der Waals surface area contributed by atoms with Crippen LogP contribution in [0, 0.1) is 0 Å². The van der Waals surface area contributed by atoms with Crippen LogP contribution in [0.2, 0.25) is 0 Å². The van der Waals surface area contributed by atoms with E-state index in [2.05, 4.69) is 12.2 Å². The number of rotatable bonds is 15. The van der Waals surface area contributed by atoms with Gasteiger partial charge < -0.3 is 4.74 Å². The van der Waals surface area contributed by atoms with E-state index in [1.165, 1.54) is 70.6 Å². The number of nitrogens with zero attached hydrogens (tertiary/aromatic N) is 1. The highest BCUT2D eigenvalue weighted by Gasteiger charge is 2.17. The molecule has 141 valence electrons. The third-order valence-electron chi connectivity index (χ3n) is 4.94. The summed E-state index contributed by atoms with van der Waals surface area (Å²) in [7, 11) is 0. The van der Waals surface area contributed by atoms with E-state index in [4.69, 9.17) is 4.74 Å². The summed E-state index contributed by atoms with van der Waals surface area (Å²) < 4.78 is 5.39. The molecule has 1 aliphatic rings. The first-order chi connectivity index (χ1) is 11.8. The molecule has 1 atom stereocenters. The van der Waals surface area contributed by atoms with Gasteiger partial charge in [0.15, 0.2) is 6.23 Å². The predicted molar refractivity (Wildman–Crippen MR) is 101 cm³/mol. The van der Waals surface area contributed by atoms with Gasteiger partial charge in [0, 0.05) is 13.0 Å². The second-order valence-corrected chi connectivity index (χ2v) is 7.34. The number of hydrogen-bond donors (Lipinski definition) is 0. The van der Waals surface area contributed by atoms with Crippen LogP contribution in [-0.4, -0.2) is 18.7 Å². The van der Waals surface area contributed by atoms with Crippen molar-refractivity contribution in [3.63, 3.8) is 0 Å². The number of unbranched alkanes of at least 4 members (excludes halogenated alkanes) is 12. The molecule has 1 rings (SSSR count). The molecule has 0 aromatic carbocycles. The van der Waals surface area contributed by atoms with Gasteiger partial charge in [-0.05, 0) is 25.7 Å². The molecular formula is C21H40NO2. The van der Waals surface area contributed by atoms with E-state index >= 15 is 0 Å².